The fourth-order valence-electron chi connectivity index (χ4n) is 3.35. The van der Waals surface area contributed by atoms with Gasteiger partial charge < -0.3 is 21.5 Å². The number of fused-ring (bicyclic) bond motifs is 1. The number of guanidine groups is 1. The summed E-state index contributed by atoms with van der Waals surface area (Å²) in [6.07, 6.45) is 1.43. The lowest BCUT2D eigenvalue weighted by Crippen LogP contribution is -2.49. The third-order valence-corrected chi connectivity index (χ3v) is 4.74. The van der Waals surface area contributed by atoms with E-state index in [0.29, 0.717) is 26.2 Å². The van der Waals surface area contributed by atoms with Crippen molar-refractivity contribution in [3.05, 3.63) is 42.5 Å². The molecule has 1 fully saturated rings. The molecule has 1 saturated heterocycles. The van der Waals surface area contributed by atoms with Crippen LogP contribution in [0.2, 0.25) is 0 Å². The minimum Gasteiger partial charge on any atom is -0.379 e. The summed E-state index contributed by atoms with van der Waals surface area (Å²) in [5, 5.41) is 5.33. The molecule has 0 radical (unpaired) electrons. The van der Waals surface area contributed by atoms with Gasteiger partial charge in [0.1, 0.15) is 0 Å². The Hall–Kier alpha value is -2.64. The number of rotatable bonds is 7. The van der Waals surface area contributed by atoms with Crippen LogP contribution in [0.15, 0.2) is 47.5 Å². The molecule has 2 aromatic carbocycles. The number of anilines is 1. The van der Waals surface area contributed by atoms with E-state index in [1.165, 1.54) is 0 Å². The van der Waals surface area contributed by atoms with Crippen LogP contribution in [0.25, 0.3) is 10.8 Å². The number of hydrogen-bond acceptors (Lipinski definition) is 4. The number of aliphatic imine (C=N–C) groups is 1. The van der Waals surface area contributed by atoms with E-state index in [-0.39, 0.29) is 17.9 Å². The molecule has 3 rings (SSSR count). The second kappa shape index (κ2) is 9.34. The molecule has 2 aromatic rings. The van der Waals surface area contributed by atoms with Crippen LogP contribution in [-0.2, 0) is 9.53 Å². The van der Waals surface area contributed by atoms with Crippen molar-refractivity contribution in [2.45, 2.75) is 18.9 Å². The second-order valence-corrected chi connectivity index (χ2v) is 6.66. The van der Waals surface area contributed by atoms with E-state index >= 15 is 0 Å². The number of nitrogens with one attached hydrogen (secondary N) is 1. The van der Waals surface area contributed by atoms with Gasteiger partial charge in [-0.25, -0.2) is 0 Å². The van der Waals surface area contributed by atoms with Crippen LogP contribution >= 0.6 is 0 Å². The van der Waals surface area contributed by atoms with Gasteiger partial charge in [-0.1, -0.05) is 30.3 Å². The largest absolute Gasteiger partial charge is 0.379 e. The fourth-order valence-corrected chi connectivity index (χ4v) is 3.35. The summed E-state index contributed by atoms with van der Waals surface area (Å²) in [4.78, 5) is 19.2. The Balaban J connectivity index is 1.69. The van der Waals surface area contributed by atoms with Crippen molar-refractivity contribution in [3.8, 4) is 0 Å². The number of amides is 1. The second-order valence-electron chi connectivity index (χ2n) is 6.66. The molecule has 1 atom stereocenters. The zero-order chi connectivity index (χ0) is 19.1. The maximum absolute atomic E-state index is 13.0. The average Bonchev–Trinajstić information content (AvgIpc) is 2.68. The van der Waals surface area contributed by atoms with Crippen molar-refractivity contribution in [1.29, 1.82) is 0 Å². The van der Waals surface area contributed by atoms with E-state index in [1.54, 1.807) is 0 Å². The van der Waals surface area contributed by atoms with E-state index < -0.39 is 0 Å². The smallest absolute Gasteiger partial charge is 0.241 e. The number of carbonyl (C=O) groups excluding carboxylic acids is 1. The highest BCUT2D eigenvalue weighted by Gasteiger charge is 2.27. The molecule has 7 heteroatoms. The minimum absolute atomic E-state index is 0.00289. The third-order valence-electron chi connectivity index (χ3n) is 4.74. The highest BCUT2D eigenvalue weighted by Crippen LogP contribution is 2.20. The molecule has 7 nitrogen and oxygen atoms in total. The lowest BCUT2D eigenvalue weighted by molar-refractivity contribution is -0.123. The molecule has 0 saturated carbocycles. The van der Waals surface area contributed by atoms with Crippen LogP contribution in [0.5, 0.6) is 0 Å². The normalized spacial score (nSPS) is 16.0. The van der Waals surface area contributed by atoms with Crippen LogP contribution in [0.4, 0.5) is 5.69 Å². The molecular formula is C20H27N5O2. The molecule has 0 bridgehead atoms. The van der Waals surface area contributed by atoms with E-state index in [1.807, 2.05) is 36.4 Å². The molecule has 1 amide bonds. The summed E-state index contributed by atoms with van der Waals surface area (Å²) in [6.45, 7) is 3.31. The van der Waals surface area contributed by atoms with Gasteiger partial charge in [-0.05, 0) is 35.7 Å². The van der Waals surface area contributed by atoms with E-state index in [9.17, 15) is 4.79 Å². The Morgan fingerprint density at radius 2 is 1.89 bits per heavy atom. The van der Waals surface area contributed by atoms with Gasteiger partial charge in [0.15, 0.2) is 5.96 Å². The van der Waals surface area contributed by atoms with Gasteiger partial charge in [0, 0.05) is 25.3 Å². The van der Waals surface area contributed by atoms with Crippen molar-refractivity contribution in [3.63, 3.8) is 0 Å². The molecule has 5 N–H and O–H groups in total. The topological polar surface area (TPSA) is 106 Å². The highest BCUT2D eigenvalue weighted by atomic mass is 16.5. The monoisotopic (exact) mass is 369 g/mol. The van der Waals surface area contributed by atoms with E-state index in [2.05, 4.69) is 21.3 Å². The van der Waals surface area contributed by atoms with Gasteiger partial charge in [-0.2, -0.15) is 0 Å². The molecule has 0 unspecified atom stereocenters. The number of carbonyl (C=O) groups is 1. The molecule has 144 valence electrons. The lowest BCUT2D eigenvalue weighted by Gasteiger charge is -2.33. The summed E-state index contributed by atoms with van der Waals surface area (Å²) >= 11 is 0. The van der Waals surface area contributed by atoms with Crippen molar-refractivity contribution < 1.29 is 9.53 Å². The quantitative estimate of drug-likeness (QED) is 0.390. The number of benzene rings is 2. The summed E-state index contributed by atoms with van der Waals surface area (Å²) in [5.74, 6) is 0.0791. The van der Waals surface area contributed by atoms with Gasteiger partial charge in [-0.15, -0.1) is 0 Å². The first-order valence-corrected chi connectivity index (χ1v) is 9.30. The maximum Gasteiger partial charge on any atom is 0.241 e. The van der Waals surface area contributed by atoms with Gasteiger partial charge in [0.05, 0.1) is 19.3 Å². The lowest BCUT2D eigenvalue weighted by atomic mass is 10.1. The Bertz CT molecular complexity index is 798. The predicted octanol–water partition coefficient (Wildman–Crippen LogP) is 1.53. The summed E-state index contributed by atoms with van der Waals surface area (Å²) in [7, 11) is 0. The first-order valence-electron chi connectivity index (χ1n) is 9.30. The summed E-state index contributed by atoms with van der Waals surface area (Å²) < 4.78 is 5.42. The van der Waals surface area contributed by atoms with Crippen molar-refractivity contribution in [2.24, 2.45) is 16.5 Å². The van der Waals surface area contributed by atoms with Crippen molar-refractivity contribution >= 4 is 28.3 Å². The first-order chi connectivity index (χ1) is 13.1. The minimum atomic E-state index is -0.227. The van der Waals surface area contributed by atoms with Gasteiger partial charge in [-0.3, -0.25) is 14.7 Å². The number of ether oxygens (including phenoxy) is 1. The Kier molecular flexibility index (Phi) is 6.62. The van der Waals surface area contributed by atoms with Crippen LogP contribution in [0.3, 0.4) is 0 Å². The van der Waals surface area contributed by atoms with Crippen molar-refractivity contribution in [1.82, 2.24) is 4.90 Å². The fraction of sp³-hybridized carbons (Fsp3) is 0.400. The molecule has 27 heavy (non-hydrogen) atoms. The van der Waals surface area contributed by atoms with Gasteiger partial charge >= 0.3 is 0 Å². The SMILES string of the molecule is NC(N)=NCCC[C@@H](C(=O)Nc1ccc2ccccc2c1)N1CCOCC1. The highest BCUT2D eigenvalue weighted by molar-refractivity contribution is 5.97. The van der Waals surface area contributed by atoms with Crippen LogP contribution in [-0.4, -0.2) is 55.7 Å². The number of morpholine rings is 1. The zero-order valence-corrected chi connectivity index (χ0v) is 15.4. The molecule has 1 aliphatic rings. The molecule has 0 spiro atoms. The average molecular weight is 369 g/mol. The van der Waals surface area contributed by atoms with Gasteiger partial charge in [0.25, 0.3) is 0 Å². The molecule has 0 aromatic heterocycles. The molecule has 0 aliphatic carbocycles. The molecule has 1 heterocycles. The Labute approximate surface area is 159 Å². The third kappa shape index (κ3) is 5.42. The molecule has 1 aliphatic heterocycles. The van der Waals surface area contributed by atoms with Gasteiger partial charge in [0.2, 0.25) is 5.91 Å². The van der Waals surface area contributed by atoms with Crippen LogP contribution in [0, 0.1) is 0 Å². The Morgan fingerprint density at radius 3 is 2.63 bits per heavy atom. The molecular weight excluding hydrogens is 342 g/mol. The Morgan fingerprint density at radius 1 is 1.15 bits per heavy atom. The first kappa shape index (κ1) is 19.1. The predicted molar refractivity (Wildman–Crippen MR) is 109 cm³/mol. The van der Waals surface area contributed by atoms with E-state index in [0.717, 1.165) is 36.0 Å². The van der Waals surface area contributed by atoms with E-state index in [4.69, 9.17) is 16.2 Å². The van der Waals surface area contributed by atoms with Crippen molar-refractivity contribution in [2.75, 3.05) is 38.2 Å². The van der Waals surface area contributed by atoms with Crippen LogP contribution < -0.4 is 16.8 Å². The summed E-state index contributed by atoms with van der Waals surface area (Å²) in [6, 6.07) is 13.8. The number of nitrogens with zero attached hydrogens (tertiary/aromatic N) is 2. The summed E-state index contributed by atoms with van der Waals surface area (Å²) in [5.41, 5.74) is 11.6. The van der Waals surface area contributed by atoms with Crippen LogP contribution in [0.1, 0.15) is 12.8 Å². The zero-order valence-electron chi connectivity index (χ0n) is 15.4. The number of nitrogens with two attached hydrogens (primary N) is 2. The standard InChI is InChI=1S/C20H27N5O2/c21-20(22)23-9-3-6-18(25-10-12-27-13-11-25)19(26)24-17-8-7-15-4-1-2-5-16(15)14-17/h1-2,4-5,7-8,14,18H,3,6,9-13H2,(H,24,26)(H4,21,22,23)/t18-/m0/s1. The number of hydrogen-bond donors (Lipinski definition) is 3. The maximum atomic E-state index is 13.0.